The fourth-order valence-corrected chi connectivity index (χ4v) is 1.30. The quantitative estimate of drug-likeness (QED) is 0.458. The Morgan fingerprint density at radius 2 is 2.55 bits per heavy atom. The lowest BCUT2D eigenvalue weighted by Crippen LogP contribution is -2.08. The summed E-state index contributed by atoms with van der Waals surface area (Å²) in [6.07, 6.45) is 7.02. The Hall–Kier alpha value is -0.790. The molecule has 2 nitrogen and oxygen atoms in total. The van der Waals surface area contributed by atoms with Crippen LogP contribution < -0.4 is 0 Å². The van der Waals surface area contributed by atoms with Gasteiger partial charge in [0.15, 0.2) is 0 Å². The summed E-state index contributed by atoms with van der Waals surface area (Å²) in [5.41, 5.74) is 0. The van der Waals surface area contributed by atoms with Crippen molar-refractivity contribution in [1.82, 2.24) is 0 Å². The van der Waals surface area contributed by atoms with Crippen LogP contribution in [0.2, 0.25) is 0 Å². The van der Waals surface area contributed by atoms with Crippen molar-refractivity contribution in [2.24, 2.45) is 5.92 Å². The van der Waals surface area contributed by atoms with E-state index >= 15 is 0 Å². The van der Waals surface area contributed by atoms with Gasteiger partial charge in [0.2, 0.25) is 0 Å². The molecule has 0 heterocycles. The molecule has 0 radical (unpaired) electrons. The molecule has 0 aromatic rings. The summed E-state index contributed by atoms with van der Waals surface area (Å²) in [7, 11) is 0. The molecule has 1 rings (SSSR count). The van der Waals surface area contributed by atoms with E-state index in [4.69, 9.17) is 4.74 Å². The van der Waals surface area contributed by atoms with Gasteiger partial charge in [0, 0.05) is 0 Å². The van der Waals surface area contributed by atoms with E-state index in [-0.39, 0.29) is 5.97 Å². The van der Waals surface area contributed by atoms with Crippen LogP contribution in [0.1, 0.15) is 26.2 Å². The Balaban J connectivity index is 2.19. The second kappa shape index (κ2) is 4.16. The van der Waals surface area contributed by atoms with Crippen LogP contribution in [0, 0.1) is 5.92 Å². The fraction of sp³-hybridized carbons (Fsp3) is 0.667. The summed E-state index contributed by atoms with van der Waals surface area (Å²) >= 11 is 0. The van der Waals surface area contributed by atoms with Crippen LogP contribution in [0.3, 0.4) is 0 Å². The minimum absolute atomic E-state index is 0.0657. The molecule has 0 fully saturated rings. The van der Waals surface area contributed by atoms with Gasteiger partial charge in [0.05, 0.1) is 13.0 Å². The Kier molecular flexibility index (Phi) is 3.14. The third-order valence-corrected chi connectivity index (χ3v) is 1.85. The molecule has 2 heteroatoms. The highest BCUT2D eigenvalue weighted by Gasteiger charge is 2.13. The molecule has 1 aliphatic rings. The van der Waals surface area contributed by atoms with E-state index in [1.807, 2.05) is 6.92 Å². The van der Waals surface area contributed by atoms with Crippen LogP contribution in [0.25, 0.3) is 0 Å². The van der Waals surface area contributed by atoms with Crippen LogP contribution in [-0.4, -0.2) is 12.6 Å². The Labute approximate surface area is 67.2 Å². The van der Waals surface area contributed by atoms with Gasteiger partial charge >= 0.3 is 5.97 Å². The number of carbonyl (C=O) groups excluding carboxylic acids is 1. The van der Waals surface area contributed by atoms with Gasteiger partial charge in [0.25, 0.3) is 0 Å². The van der Waals surface area contributed by atoms with Crippen molar-refractivity contribution >= 4 is 5.97 Å². The average molecular weight is 154 g/mol. The van der Waals surface area contributed by atoms with Gasteiger partial charge in [0.1, 0.15) is 0 Å². The van der Waals surface area contributed by atoms with Crippen LogP contribution in [0.15, 0.2) is 12.2 Å². The largest absolute Gasteiger partial charge is 0.466 e. The second-order valence-corrected chi connectivity index (χ2v) is 2.77. The molecule has 0 bridgehead atoms. The Morgan fingerprint density at radius 3 is 3.09 bits per heavy atom. The third-order valence-electron chi connectivity index (χ3n) is 1.85. The van der Waals surface area contributed by atoms with E-state index < -0.39 is 0 Å². The van der Waals surface area contributed by atoms with Crippen LogP contribution in [0.4, 0.5) is 0 Å². The number of ether oxygens (including phenoxy) is 1. The van der Waals surface area contributed by atoms with Gasteiger partial charge in [-0.15, -0.1) is 0 Å². The monoisotopic (exact) mass is 154 g/mol. The SMILES string of the molecule is CCOC(=O)C[C@@H]1C=CCC1. The smallest absolute Gasteiger partial charge is 0.306 e. The lowest BCUT2D eigenvalue weighted by molar-refractivity contribution is -0.143. The summed E-state index contributed by atoms with van der Waals surface area (Å²) < 4.78 is 4.83. The van der Waals surface area contributed by atoms with Gasteiger partial charge in [-0.2, -0.15) is 0 Å². The summed E-state index contributed by atoms with van der Waals surface area (Å²) in [6, 6.07) is 0. The highest BCUT2D eigenvalue weighted by atomic mass is 16.5. The standard InChI is InChI=1S/C9H14O2/c1-2-11-9(10)7-8-5-3-4-6-8/h3,5,8H,2,4,6-7H2,1H3/t8-/m1/s1. The first kappa shape index (κ1) is 8.31. The molecule has 0 saturated carbocycles. The van der Waals surface area contributed by atoms with Crippen LogP contribution in [0.5, 0.6) is 0 Å². The minimum atomic E-state index is -0.0657. The van der Waals surface area contributed by atoms with Gasteiger partial charge in [-0.25, -0.2) is 0 Å². The maximum Gasteiger partial charge on any atom is 0.306 e. The highest BCUT2D eigenvalue weighted by molar-refractivity contribution is 5.69. The first-order chi connectivity index (χ1) is 5.33. The van der Waals surface area contributed by atoms with Crippen molar-refractivity contribution in [3.63, 3.8) is 0 Å². The normalized spacial score (nSPS) is 22.1. The molecule has 0 aromatic carbocycles. The third kappa shape index (κ3) is 2.74. The van der Waals surface area contributed by atoms with Crippen molar-refractivity contribution in [2.45, 2.75) is 26.2 Å². The molecule has 11 heavy (non-hydrogen) atoms. The summed E-state index contributed by atoms with van der Waals surface area (Å²) in [6.45, 7) is 2.33. The highest BCUT2D eigenvalue weighted by Crippen LogP contribution is 2.20. The molecule has 0 saturated heterocycles. The molecule has 0 unspecified atom stereocenters. The topological polar surface area (TPSA) is 26.3 Å². The molecule has 0 aliphatic heterocycles. The average Bonchev–Trinajstić information content (AvgIpc) is 2.40. The molecule has 0 amide bonds. The van der Waals surface area contributed by atoms with Gasteiger partial charge in [-0.3, -0.25) is 4.79 Å². The van der Waals surface area contributed by atoms with Crippen LogP contribution >= 0.6 is 0 Å². The zero-order chi connectivity index (χ0) is 8.10. The molecule has 1 atom stereocenters. The molecule has 62 valence electrons. The van der Waals surface area contributed by atoms with Gasteiger partial charge < -0.3 is 4.74 Å². The summed E-state index contributed by atoms with van der Waals surface area (Å²) in [4.78, 5) is 10.9. The zero-order valence-electron chi connectivity index (χ0n) is 6.88. The van der Waals surface area contributed by atoms with Gasteiger partial charge in [-0.1, -0.05) is 12.2 Å². The van der Waals surface area contributed by atoms with Crippen molar-refractivity contribution in [2.75, 3.05) is 6.61 Å². The number of hydrogen-bond donors (Lipinski definition) is 0. The number of allylic oxidation sites excluding steroid dienone is 2. The lowest BCUT2D eigenvalue weighted by atomic mass is 10.1. The van der Waals surface area contributed by atoms with Crippen LogP contribution in [-0.2, 0) is 9.53 Å². The summed E-state index contributed by atoms with van der Waals surface area (Å²) in [5, 5.41) is 0. The number of hydrogen-bond acceptors (Lipinski definition) is 2. The zero-order valence-corrected chi connectivity index (χ0v) is 6.88. The lowest BCUT2D eigenvalue weighted by Gasteiger charge is -2.05. The van der Waals surface area contributed by atoms with E-state index in [0.29, 0.717) is 18.9 Å². The van der Waals surface area contributed by atoms with Crippen molar-refractivity contribution in [3.05, 3.63) is 12.2 Å². The molecule has 0 N–H and O–H groups in total. The van der Waals surface area contributed by atoms with Crippen molar-refractivity contribution in [3.8, 4) is 0 Å². The van der Waals surface area contributed by atoms with Crippen molar-refractivity contribution < 1.29 is 9.53 Å². The van der Waals surface area contributed by atoms with E-state index in [1.54, 1.807) is 0 Å². The van der Waals surface area contributed by atoms with E-state index in [1.165, 1.54) is 0 Å². The minimum Gasteiger partial charge on any atom is -0.466 e. The van der Waals surface area contributed by atoms with Gasteiger partial charge in [-0.05, 0) is 25.7 Å². The molecule has 0 spiro atoms. The predicted octanol–water partition coefficient (Wildman–Crippen LogP) is 1.91. The molecular formula is C9H14O2. The fourth-order valence-electron chi connectivity index (χ4n) is 1.30. The number of rotatable bonds is 3. The predicted molar refractivity (Wildman–Crippen MR) is 43.1 cm³/mol. The number of carbonyl (C=O) groups is 1. The number of esters is 1. The molecule has 1 aliphatic carbocycles. The van der Waals surface area contributed by atoms with Crippen molar-refractivity contribution in [1.29, 1.82) is 0 Å². The Bertz CT molecular complexity index is 161. The Morgan fingerprint density at radius 1 is 1.73 bits per heavy atom. The first-order valence-corrected chi connectivity index (χ1v) is 4.15. The summed E-state index contributed by atoms with van der Waals surface area (Å²) in [5.74, 6) is 0.373. The van der Waals surface area contributed by atoms with E-state index in [9.17, 15) is 4.79 Å². The maximum absolute atomic E-state index is 10.9. The van der Waals surface area contributed by atoms with E-state index in [0.717, 1.165) is 12.8 Å². The molecular weight excluding hydrogens is 140 g/mol. The second-order valence-electron chi connectivity index (χ2n) is 2.77. The molecule has 0 aromatic heterocycles. The maximum atomic E-state index is 10.9. The van der Waals surface area contributed by atoms with E-state index in [2.05, 4.69) is 12.2 Å². The first-order valence-electron chi connectivity index (χ1n) is 4.15.